The first-order chi connectivity index (χ1) is 19.6. The molecular weight excluding hydrogens is 586 g/mol. The number of unbranched alkanes of at least 4 members (excludes halogenated alkanes) is 15. The Morgan fingerprint density at radius 2 is 0.725 bits per heavy atom. The van der Waals surface area contributed by atoms with Crippen LogP contribution in [0.2, 0.25) is 26.0 Å². The Morgan fingerprint density at radius 1 is 0.375 bits per heavy atom. The van der Waals surface area contributed by atoms with Gasteiger partial charge in [0.05, 0.1) is 0 Å². The SMILES string of the molecule is CCCCCCB(CCCCCC)/C(CCCCCC)=[C](/CCCCCC)[Sn]([CH2]CCC)([CH2]CCC)[CH2]CCC. The van der Waals surface area contributed by atoms with E-state index in [1.807, 2.05) is 0 Å². The third-order valence-corrected chi connectivity index (χ3v) is 26.4. The van der Waals surface area contributed by atoms with Crippen LogP contribution in [0.3, 0.4) is 0 Å². The maximum atomic E-state index is 2.47. The first-order valence-electron chi connectivity index (χ1n) is 19.3. The van der Waals surface area contributed by atoms with Crippen molar-refractivity contribution >= 4 is 25.1 Å². The van der Waals surface area contributed by atoms with Gasteiger partial charge in [0, 0.05) is 0 Å². The quantitative estimate of drug-likeness (QED) is 0.0511. The van der Waals surface area contributed by atoms with Crippen LogP contribution in [0.15, 0.2) is 9.06 Å². The first kappa shape index (κ1) is 40.6. The molecule has 0 aromatic rings. The van der Waals surface area contributed by atoms with Crippen molar-refractivity contribution in [2.45, 2.75) is 229 Å². The van der Waals surface area contributed by atoms with Gasteiger partial charge < -0.3 is 0 Å². The molecule has 0 N–H and O–H groups in total. The molecule has 0 saturated carbocycles. The maximum absolute atomic E-state index is 2.47. The van der Waals surface area contributed by atoms with Gasteiger partial charge in [0.1, 0.15) is 0 Å². The molecule has 0 heterocycles. The van der Waals surface area contributed by atoms with Crippen molar-refractivity contribution in [2.24, 2.45) is 0 Å². The Bertz CT molecular complexity index is 520. The molecule has 40 heavy (non-hydrogen) atoms. The van der Waals surface area contributed by atoms with E-state index < -0.39 is 18.4 Å². The van der Waals surface area contributed by atoms with Crippen LogP contribution in [0, 0.1) is 0 Å². The van der Waals surface area contributed by atoms with Crippen molar-refractivity contribution in [3.63, 3.8) is 0 Å². The first-order valence-corrected chi connectivity index (χ1v) is 26.8. The Labute approximate surface area is 261 Å². The average Bonchev–Trinajstić information content (AvgIpc) is 2.97. The van der Waals surface area contributed by atoms with Gasteiger partial charge >= 0.3 is 263 Å². The van der Waals surface area contributed by atoms with Crippen LogP contribution in [0.4, 0.5) is 0 Å². The minimum atomic E-state index is -2.47. The second-order valence-corrected chi connectivity index (χ2v) is 26.9. The molecule has 0 aromatic carbocycles. The fourth-order valence-electron chi connectivity index (χ4n) is 7.34. The van der Waals surface area contributed by atoms with E-state index in [0.29, 0.717) is 0 Å². The Morgan fingerprint density at radius 3 is 1.10 bits per heavy atom. The van der Waals surface area contributed by atoms with Crippen molar-refractivity contribution < 1.29 is 0 Å². The molecule has 0 aliphatic carbocycles. The van der Waals surface area contributed by atoms with Crippen molar-refractivity contribution in [1.82, 2.24) is 0 Å². The third-order valence-electron chi connectivity index (χ3n) is 9.94. The molecule has 0 aliphatic rings. The molecule has 0 saturated heterocycles. The number of hydrogen-bond acceptors (Lipinski definition) is 0. The van der Waals surface area contributed by atoms with E-state index in [4.69, 9.17) is 0 Å². The molecule has 0 spiro atoms. The molecule has 0 rings (SSSR count). The van der Waals surface area contributed by atoms with Crippen molar-refractivity contribution in [1.29, 1.82) is 0 Å². The summed E-state index contributed by atoms with van der Waals surface area (Å²) in [4.78, 5) is 0. The van der Waals surface area contributed by atoms with Crippen LogP contribution in [-0.2, 0) is 0 Å². The molecule has 0 atom stereocenters. The molecule has 0 amide bonds. The van der Waals surface area contributed by atoms with Gasteiger partial charge in [-0.1, -0.05) is 0 Å². The fraction of sp³-hybridized carbons (Fsp3) is 0.947. The number of hydrogen-bond donors (Lipinski definition) is 0. The second kappa shape index (κ2) is 29.7. The standard InChI is InChI=1S/C26H52B.3C4H9.Sn/c1-5-9-13-17-19-23-26(22-18-14-10-6-2)27(24-20-15-11-7-3)25-21-16-12-8-4;3*1-3-4-2;/h5-22,24-25H2,1-4H3;3*1,3-4H2,2H3;. The molecule has 0 aliphatic heterocycles. The minimum absolute atomic E-state index is 0.914. The number of allylic oxidation sites excluding steroid dienone is 2. The summed E-state index contributed by atoms with van der Waals surface area (Å²) in [6, 6.07) is 0. The molecule has 238 valence electrons. The van der Waals surface area contributed by atoms with Gasteiger partial charge in [0.15, 0.2) is 0 Å². The van der Waals surface area contributed by atoms with Crippen LogP contribution in [0.1, 0.15) is 203 Å². The molecule has 0 fully saturated rings. The van der Waals surface area contributed by atoms with Crippen LogP contribution in [0.25, 0.3) is 0 Å². The van der Waals surface area contributed by atoms with Crippen LogP contribution >= 0.6 is 0 Å². The van der Waals surface area contributed by atoms with Gasteiger partial charge in [-0.15, -0.1) is 0 Å². The second-order valence-electron chi connectivity index (χ2n) is 13.6. The summed E-state index contributed by atoms with van der Waals surface area (Å²) in [7, 11) is 0. The van der Waals surface area contributed by atoms with Crippen LogP contribution in [-0.4, -0.2) is 25.1 Å². The molecule has 0 unspecified atom stereocenters. The molecule has 0 aromatic heterocycles. The summed E-state index contributed by atoms with van der Waals surface area (Å²) in [5.74, 6) is 0. The van der Waals surface area contributed by atoms with E-state index in [2.05, 4.69) is 57.5 Å². The zero-order chi connectivity index (χ0) is 29.7. The summed E-state index contributed by atoms with van der Waals surface area (Å²) in [5, 5.41) is 0. The normalized spacial score (nSPS) is 12.7. The Balaban J connectivity index is 6.80. The molecule has 0 nitrogen and oxygen atoms in total. The van der Waals surface area contributed by atoms with Crippen LogP contribution < -0.4 is 0 Å². The van der Waals surface area contributed by atoms with Crippen molar-refractivity contribution in [2.75, 3.05) is 0 Å². The molecule has 2 heteroatoms. The summed E-state index contributed by atoms with van der Waals surface area (Å²) in [6.07, 6.45) is 37.8. The summed E-state index contributed by atoms with van der Waals surface area (Å²) in [5.41, 5.74) is 2.12. The summed E-state index contributed by atoms with van der Waals surface area (Å²) < 4.78 is 7.27. The number of rotatable bonds is 31. The van der Waals surface area contributed by atoms with E-state index in [-0.39, 0.29) is 0 Å². The van der Waals surface area contributed by atoms with Gasteiger partial charge in [-0.2, -0.15) is 0 Å². The van der Waals surface area contributed by atoms with Crippen molar-refractivity contribution in [3.05, 3.63) is 9.06 Å². The summed E-state index contributed by atoms with van der Waals surface area (Å²) in [6.45, 7) is 17.9. The molecule has 0 radical (unpaired) electrons. The van der Waals surface area contributed by atoms with Crippen molar-refractivity contribution in [3.8, 4) is 0 Å². The molecular formula is C38H79BSn. The van der Waals surface area contributed by atoms with Gasteiger partial charge in [0.25, 0.3) is 0 Å². The predicted octanol–water partition coefficient (Wildman–Crippen LogP) is 14.8. The Hall–Kier alpha value is 0.604. The molecule has 0 bridgehead atoms. The van der Waals surface area contributed by atoms with Gasteiger partial charge in [-0.3, -0.25) is 0 Å². The third kappa shape index (κ3) is 19.0. The van der Waals surface area contributed by atoms with E-state index in [0.717, 1.165) is 6.71 Å². The van der Waals surface area contributed by atoms with Crippen LogP contribution in [0.5, 0.6) is 0 Å². The summed E-state index contributed by atoms with van der Waals surface area (Å²) >= 11 is -2.47. The average molecular weight is 666 g/mol. The van der Waals surface area contributed by atoms with E-state index >= 15 is 0 Å². The zero-order valence-corrected chi connectivity index (χ0v) is 32.4. The Kier molecular flexibility index (Phi) is 30.1. The topological polar surface area (TPSA) is 0 Å². The van der Waals surface area contributed by atoms with E-state index in [1.54, 1.807) is 13.3 Å². The van der Waals surface area contributed by atoms with Gasteiger partial charge in [0.2, 0.25) is 0 Å². The van der Waals surface area contributed by atoms with E-state index in [9.17, 15) is 0 Å². The van der Waals surface area contributed by atoms with Gasteiger partial charge in [-0.25, -0.2) is 0 Å². The zero-order valence-electron chi connectivity index (χ0n) is 29.6. The monoisotopic (exact) mass is 667 g/mol. The van der Waals surface area contributed by atoms with Gasteiger partial charge in [-0.05, 0) is 0 Å². The fourth-order valence-corrected chi connectivity index (χ4v) is 25.8. The van der Waals surface area contributed by atoms with E-state index in [1.165, 1.54) is 167 Å². The predicted molar refractivity (Wildman–Crippen MR) is 193 cm³/mol.